The summed E-state index contributed by atoms with van der Waals surface area (Å²) in [7, 11) is -3.49. The summed E-state index contributed by atoms with van der Waals surface area (Å²) in [6, 6.07) is 1.74. The Morgan fingerprint density at radius 2 is 2.19 bits per heavy atom. The van der Waals surface area contributed by atoms with Crippen LogP contribution in [0.4, 0.5) is 0 Å². The van der Waals surface area contributed by atoms with Crippen molar-refractivity contribution in [1.29, 1.82) is 0 Å². The summed E-state index contributed by atoms with van der Waals surface area (Å²) in [5.74, 6) is 3.60. The van der Waals surface area contributed by atoms with E-state index in [0.29, 0.717) is 24.5 Å². The second-order valence-electron chi connectivity index (χ2n) is 5.42. The van der Waals surface area contributed by atoms with E-state index in [0.717, 1.165) is 16.5 Å². The summed E-state index contributed by atoms with van der Waals surface area (Å²) in [4.78, 5) is 4.61. The number of sulfonamides is 1. The molecule has 1 aliphatic heterocycles. The summed E-state index contributed by atoms with van der Waals surface area (Å²) in [6.45, 7) is 7.49. The van der Waals surface area contributed by atoms with E-state index in [1.807, 2.05) is 19.8 Å². The fraction of sp³-hybridized carbons (Fsp3) is 0.429. The molecule has 0 aromatic carbocycles. The zero-order valence-electron chi connectivity index (χ0n) is 12.2. The Morgan fingerprint density at radius 1 is 1.38 bits per heavy atom. The zero-order valence-corrected chi connectivity index (χ0v) is 13.0. The van der Waals surface area contributed by atoms with E-state index >= 15 is 0 Å². The maximum atomic E-state index is 13.0. The van der Waals surface area contributed by atoms with Gasteiger partial charge in [0.2, 0.25) is 0 Å². The molecule has 0 spiro atoms. The third kappa shape index (κ3) is 2.50. The van der Waals surface area contributed by atoms with E-state index in [4.69, 9.17) is 0 Å². The second kappa shape index (κ2) is 5.48. The van der Waals surface area contributed by atoms with E-state index < -0.39 is 10.0 Å². The Bertz CT molecular complexity index is 779. The first-order valence-corrected chi connectivity index (χ1v) is 8.53. The molecule has 1 fully saturated rings. The van der Waals surface area contributed by atoms with E-state index in [1.165, 1.54) is 0 Å². The van der Waals surface area contributed by atoms with Crippen molar-refractivity contribution >= 4 is 27.7 Å². The van der Waals surface area contributed by atoms with Gasteiger partial charge in [-0.2, -0.15) is 0 Å². The third-order valence-corrected chi connectivity index (χ3v) is 6.06. The number of aryl methyl sites for hydroxylation is 1. The second-order valence-corrected chi connectivity index (χ2v) is 7.28. The van der Waals surface area contributed by atoms with Gasteiger partial charge >= 0.3 is 125 Å². The summed E-state index contributed by atoms with van der Waals surface area (Å²) in [6.07, 6.45) is 1.66. The van der Waals surface area contributed by atoms with Gasteiger partial charge in [0, 0.05) is 0 Å². The molecule has 0 saturated carbocycles. The predicted octanol–water partition coefficient (Wildman–Crippen LogP) is 0.864. The third-order valence-electron chi connectivity index (χ3n) is 3.99. The molecule has 7 heteroatoms. The number of hydrogen-bond donors (Lipinski definition) is 1. The Morgan fingerprint density at radius 3 is 2.95 bits per heavy atom. The summed E-state index contributed by atoms with van der Waals surface area (Å²) < 4.78 is 27.6. The van der Waals surface area contributed by atoms with Gasteiger partial charge in [-0.1, -0.05) is 0 Å². The van der Waals surface area contributed by atoms with Gasteiger partial charge in [0.05, 0.1) is 0 Å². The van der Waals surface area contributed by atoms with E-state index in [2.05, 4.69) is 10.3 Å². The molecule has 21 heavy (non-hydrogen) atoms. The first-order valence-electron chi connectivity index (χ1n) is 7.08. The van der Waals surface area contributed by atoms with E-state index in [1.54, 1.807) is 29.4 Å². The molecule has 1 saturated heterocycles. The SMILES string of the molecule is Cc1nccc2c(S(=O)(=O)N3CCNCC3C)cbcc12. The number of aromatic nitrogens is 1. The number of hydrogen-bond acceptors (Lipinski definition) is 4. The van der Waals surface area contributed by atoms with Crippen LogP contribution in [0.3, 0.4) is 0 Å². The Labute approximate surface area is 125 Å². The molecule has 0 amide bonds. The van der Waals surface area contributed by atoms with Crippen LogP contribution in [0.5, 0.6) is 0 Å². The molecule has 5 nitrogen and oxygen atoms in total. The number of fused-ring (bicyclic) bond motifs is 1. The molecule has 0 bridgehead atoms. The van der Waals surface area contributed by atoms with Crippen molar-refractivity contribution in [3.8, 4) is 0 Å². The van der Waals surface area contributed by atoms with Gasteiger partial charge in [-0.15, -0.1) is 0 Å². The Hall–Kier alpha value is -1.31. The van der Waals surface area contributed by atoms with Crippen LogP contribution >= 0.6 is 0 Å². The average molecular weight is 303 g/mol. The van der Waals surface area contributed by atoms with Crippen molar-refractivity contribution in [3.05, 3.63) is 29.9 Å². The minimum atomic E-state index is -3.49. The zero-order chi connectivity index (χ0) is 15.0. The van der Waals surface area contributed by atoms with Gasteiger partial charge in [0.15, 0.2) is 0 Å². The fourth-order valence-corrected chi connectivity index (χ4v) is 4.69. The molecule has 1 N–H and O–H groups in total. The Balaban J connectivity index is 2.17. The Kier molecular flexibility index (Phi) is 3.81. The van der Waals surface area contributed by atoms with Crippen LogP contribution in [0.15, 0.2) is 29.1 Å². The number of nitrogens with one attached hydrogen (secondary N) is 1. The molecule has 1 atom stereocenters. The first-order chi connectivity index (χ1) is 10.0. The summed E-state index contributed by atoms with van der Waals surface area (Å²) in [5.41, 5.74) is 0.845. The van der Waals surface area contributed by atoms with Gasteiger partial charge in [0.25, 0.3) is 0 Å². The minimum absolute atomic E-state index is 0.0399. The van der Waals surface area contributed by atoms with Gasteiger partial charge in [-0.3, -0.25) is 0 Å². The molecule has 110 valence electrons. The van der Waals surface area contributed by atoms with Crippen LogP contribution in [0.2, 0.25) is 0 Å². The molecular weight excluding hydrogens is 285 g/mol. The predicted molar refractivity (Wildman–Crippen MR) is 84.1 cm³/mol. The molecule has 1 aliphatic rings. The van der Waals surface area contributed by atoms with Crippen LogP contribution in [-0.4, -0.2) is 50.3 Å². The quantitative estimate of drug-likeness (QED) is 0.894. The number of nitrogens with zero attached hydrogens (tertiary/aromatic N) is 2. The van der Waals surface area contributed by atoms with Crippen molar-refractivity contribution in [2.45, 2.75) is 24.8 Å². The van der Waals surface area contributed by atoms with Crippen molar-refractivity contribution in [2.75, 3.05) is 19.6 Å². The molecule has 0 radical (unpaired) electrons. The number of piperazine rings is 1. The molecule has 2 aromatic heterocycles. The maximum absolute atomic E-state index is 13.0. The van der Waals surface area contributed by atoms with E-state index in [-0.39, 0.29) is 6.04 Å². The van der Waals surface area contributed by atoms with Crippen LogP contribution in [0.25, 0.3) is 10.8 Å². The molecule has 2 aromatic rings. The summed E-state index contributed by atoms with van der Waals surface area (Å²) in [5, 5.41) is 4.85. The van der Waals surface area contributed by atoms with Crippen LogP contribution in [0, 0.1) is 6.92 Å². The fourth-order valence-electron chi connectivity index (χ4n) is 2.86. The van der Waals surface area contributed by atoms with Crippen LogP contribution < -0.4 is 5.32 Å². The van der Waals surface area contributed by atoms with Crippen LogP contribution in [0.1, 0.15) is 12.6 Å². The molecule has 3 heterocycles. The van der Waals surface area contributed by atoms with Gasteiger partial charge < -0.3 is 0 Å². The molecule has 3 rings (SSSR count). The van der Waals surface area contributed by atoms with Gasteiger partial charge in [-0.05, 0) is 0 Å². The van der Waals surface area contributed by atoms with Crippen molar-refractivity contribution in [3.63, 3.8) is 0 Å². The monoisotopic (exact) mass is 303 g/mol. The normalized spacial score (nSPS) is 20.6. The number of pyridine rings is 1. The van der Waals surface area contributed by atoms with Crippen molar-refractivity contribution in [1.82, 2.24) is 14.6 Å². The number of rotatable bonds is 2. The van der Waals surface area contributed by atoms with Gasteiger partial charge in [0.1, 0.15) is 0 Å². The molecule has 0 aliphatic carbocycles. The average Bonchev–Trinajstić information content (AvgIpc) is 2.47. The van der Waals surface area contributed by atoms with Crippen molar-refractivity contribution < 1.29 is 8.42 Å². The molecule has 1 unspecified atom stereocenters. The van der Waals surface area contributed by atoms with Gasteiger partial charge in [-0.25, -0.2) is 0 Å². The van der Waals surface area contributed by atoms with E-state index in [9.17, 15) is 8.42 Å². The topological polar surface area (TPSA) is 62.3 Å². The molecular formula is C14H18BN3O2S. The summed E-state index contributed by atoms with van der Waals surface area (Å²) >= 11 is 0. The first kappa shape index (κ1) is 14.6. The standard InChI is InChI=1S/C14H18BN3O2S/c1-10-9-16-5-6-18(10)21(19,20)14-8-15-7-13-11(2)17-4-3-12(13)14/h3-4,7-8,10,16H,5-6,9H2,1-2H3. The van der Waals surface area contributed by atoms with Crippen LogP contribution in [-0.2, 0) is 10.0 Å². The van der Waals surface area contributed by atoms with Crippen molar-refractivity contribution in [2.24, 2.45) is 0 Å².